The molecule has 0 bridgehead atoms. The lowest BCUT2D eigenvalue weighted by Gasteiger charge is -2.10. The molecule has 3 N–H and O–H groups in total. The normalized spacial score (nSPS) is 12.1. The zero-order valence-corrected chi connectivity index (χ0v) is 16.0. The Bertz CT molecular complexity index is 1140. The molecule has 3 aromatic rings. The van der Waals surface area contributed by atoms with Crippen molar-refractivity contribution in [3.05, 3.63) is 73.8 Å². The van der Waals surface area contributed by atoms with E-state index in [-0.39, 0.29) is 24.5 Å². The second-order valence-electron chi connectivity index (χ2n) is 6.55. The molecule has 0 radical (unpaired) electrons. The number of aryl methyl sites for hydroxylation is 1. The fourth-order valence-electron chi connectivity index (χ4n) is 2.81. The molecule has 0 saturated carbocycles. The van der Waals surface area contributed by atoms with Crippen molar-refractivity contribution in [1.82, 2.24) is 29.3 Å². The van der Waals surface area contributed by atoms with Crippen molar-refractivity contribution in [2.24, 2.45) is 12.8 Å². The smallest absolute Gasteiger partial charge is 0.331 e. The molecule has 1 aromatic carbocycles. The predicted molar refractivity (Wildman–Crippen MR) is 102 cm³/mol. The van der Waals surface area contributed by atoms with Crippen molar-refractivity contribution in [3.63, 3.8) is 0 Å². The van der Waals surface area contributed by atoms with E-state index >= 15 is 0 Å². The first-order valence-electron chi connectivity index (χ1n) is 8.94. The summed E-state index contributed by atoms with van der Waals surface area (Å²) in [4.78, 5) is 36.8. The number of primary amides is 1. The van der Waals surface area contributed by atoms with E-state index in [1.54, 1.807) is 0 Å². The summed E-state index contributed by atoms with van der Waals surface area (Å²) in [5.74, 6) is -0.761. The van der Waals surface area contributed by atoms with Crippen LogP contribution in [0.25, 0.3) is 0 Å². The first kappa shape index (κ1) is 20.1. The second kappa shape index (κ2) is 8.19. The Morgan fingerprint density at radius 1 is 1.24 bits per heavy atom. The highest BCUT2D eigenvalue weighted by Crippen LogP contribution is 2.15. The lowest BCUT2D eigenvalue weighted by molar-refractivity contribution is 0.0997. The van der Waals surface area contributed by atoms with Crippen LogP contribution in [0.4, 0.5) is 0 Å². The number of hydrogen-bond acceptors (Lipinski definition) is 7. The van der Waals surface area contributed by atoms with Crippen LogP contribution in [0.15, 0.2) is 40.1 Å². The molecular weight excluding hydrogens is 378 g/mol. The summed E-state index contributed by atoms with van der Waals surface area (Å²) in [6.45, 7) is 2.01. The summed E-state index contributed by atoms with van der Waals surface area (Å²) in [5.41, 5.74) is 5.34. The van der Waals surface area contributed by atoms with Gasteiger partial charge in [-0.2, -0.15) is 4.80 Å². The average Bonchev–Trinajstić information content (AvgIpc) is 3.14. The molecule has 0 spiro atoms. The second-order valence-corrected chi connectivity index (χ2v) is 6.55. The summed E-state index contributed by atoms with van der Waals surface area (Å²) < 4.78 is 1.89. The van der Waals surface area contributed by atoms with Crippen molar-refractivity contribution < 1.29 is 9.90 Å². The summed E-state index contributed by atoms with van der Waals surface area (Å²) in [6, 6.07) is 7.58. The number of carbonyl (C=O) groups is 1. The van der Waals surface area contributed by atoms with E-state index in [0.29, 0.717) is 0 Å². The highest BCUT2D eigenvalue weighted by atomic mass is 16.3. The van der Waals surface area contributed by atoms with Gasteiger partial charge in [-0.1, -0.05) is 31.2 Å². The lowest BCUT2D eigenvalue weighted by atomic mass is 10.1. The van der Waals surface area contributed by atoms with Gasteiger partial charge in [0, 0.05) is 13.2 Å². The number of aliphatic hydroxyl groups excluding tert-OH is 1. The third-order valence-corrected chi connectivity index (χ3v) is 4.53. The maximum absolute atomic E-state index is 12.2. The van der Waals surface area contributed by atoms with Gasteiger partial charge in [0.15, 0.2) is 5.82 Å². The minimum absolute atomic E-state index is 0.0766. The number of tetrazole rings is 1. The lowest BCUT2D eigenvalue weighted by Crippen LogP contribution is -2.42. The highest BCUT2D eigenvalue weighted by Gasteiger charge is 2.16. The van der Waals surface area contributed by atoms with Gasteiger partial charge in [0.05, 0.1) is 13.1 Å². The molecular formula is C18H21N7O4. The fraction of sp³-hybridized carbons (Fsp3) is 0.333. The molecule has 0 aliphatic carbocycles. The summed E-state index contributed by atoms with van der Waals surface area (Å²) in [5, 5.41) is 22.3. The number of carbonyl (C=O) groups excluding carboxylic acids is 1. The Balaban J connectivity index is 1.77. The van der Waals surface area contributed by atoms with Gasteiger partial charge in [0.25, 0.3) is 11.5 Å². The van der Waals surface area contributed by atoms with Crippen LogP contribution >= 0.6 is 0 Å². The standard InChI is InChI=1S/C18H21N7O4/c1-3-11-4-6-12(7-5-11)14(26)9-25-21-15(20-22-25)10-24-8-13(16(19)27)17(28)23(2)18(24)29/h4-8,14,26H,3,9-10H2,1-2H3,(H2,19,27)/t14-/m0/s1. The number of aliphatic hydroxyl groups is 1. The molecule has 29 heavy (non-hydrogen) atoms. The molecule has 2 aromatic heterocycles. The Kier molecular flexibility index (Phi) is 5.69. The Labute approximate surface area is 165 Å². The number of rotatable bonds is 7. The molecule has 152 valence electrons. The van der Waals surface area contributed by atoms with Crippen LogP contribution in [0.1, 0.15) is 40.3 Å². The minimum atomic E-state index is -0.937. The number of amides is 1. The van der Waals surface area contributed by atoms with E-state index in [2.05, 4.69) is 22.3 Å². The molecule has 0 fully saturated rings. The van der Waals surface area contributed by atoms with Crippen LogP contribution < -0.4 is 17.0 Å². The maximum Gasteiger partial charge on any atom is 0.331 e. The molecule has 0 aliphatic rings. The van der Waals surface area contributed by atoms with Crippen molar-refractivity contribution in [3.8, 4) is 0 Å². The Morgan fingerprint density at radius 2 is 1.93 bits per heavy atom. The van der Waals surface area contributed by atoms with Gasteiger partial charge in [-0.05, 0) is 22.8 Å². The van der Waals surface area contributed by atoms with Crippen molar-refractivity contribution in [1.29, 1.82) is 0 Å². The zero-order valence-electron chi connectivity index (χ0n) is 16.0. The third kappa shape index (κ3) is 4.29. The molecule has 11 nitrogen and oxygen atoms in total. The first-order chi connectivity index (χ1) is 13.8. The summed E-state index contributed by atoms with van der Waals surface area (Å²) in [6.07, 6.45) is 1.16. The van der Waals surface area contributed by atoms with Gasteiger partial charge in [-0.3, -0.25) is 18.7 Å². The molecule has 0 saturated heterocycles. The number of hydrogen-bond donors (Lipinski definition) is 2. The van der Waals surface area contributed by atoms with E-state index < -0.39 is 23.3 Å². The van der Waals surface area contributed by atoms with Crippen molar-refractivity contribution in [2.75, 3.05) is 0 Å². The molecule has 1 amide bonds. The van der Waals surface area contributed by atoms with Gasteiger partial charge in [0.2, 0.25) is 0 Å². The van der Waals surface area contributed by atoms with E-state index in [9.17, 15) is 19.5 Å². The third-order valence-electron chi connectivity index (χ3n) is 4.53. The molecule has 0 unspecified atom stereocenters. The summed E-state index contributed by atoms with van der Waals surface area (Å²) >= 11 is 0. The van der Waals surface area contributed by atoms with E-state index in [1.165, 1.54) is 17.4 Å². The first-order valence-corrected chi connectivity index (χ1v) is 8.94. The van der Waals surface area contributed by atoms with Gasteiger partial charge in [-0.15, -0.1) is 10.2 Å². The van der Waals surface area contributed by atoms with Crippen molar-refractivity contribution in [2.45, 2.75) is 32.5 Å². The van der Waals surface area contributed by atoms with Crippen LogP contribution in [-0.2, 0) is 26.6 Å². The van der Waals surface area contributed by atoms with E-state index in [1.807, 2.05) is 24.3 Å². The highest BCUT2D eigenvalue weighted by molar-refractivity contribution is 5.92. The van der Waals surface area contributed by atoms with Gasteiger partial charge in [-0.25, -0.2) is 4.79 Å². The average molecular weight is 399 g/mol. The molecule has 0 aliphatic heterocycles. The maximum atomic E-state index is 12.2. The number of nitrogens with zero attached hydrogens (tertiary/aromatic N) is 6. The zero-order chi connectivity index (χ0) is 21.1. The largest absolute Gasteiger partial charge is 0.386 e. The Hall–Kier alpha value is -3.60. The fourth-order valence-corrected chi connectivity index (χ4v) is 2.81. The van der Waals surface area contributed by atoms with Crippen LogP contribution in [0.5, 0.6) is 0 Å². The van der Waals surface area contributed by atoms with Crippen LogP contribution in [0.2, 0.25) is 0 Å². The molecule has 2 heterocycles. The van der Waals surface area contributed by atoms with Crippen LogP contribution in [0.3, 0.4) is 0 Å². The van der Waals surface area contributed by atoms with E-state index in [4.69, 9.17) is 5.73 Å². The van der Waals surface area contributed by atoms with Gasteiger partial charge < -0.3 is 10.8 Å². The topological polar surface area (TPSA) is 151 Å². The van der Waals surface area contributed by atoms with Crippen molar-refractivity contribution >= 4 is 5.91 Å². The number of benzene rings is 1. The quantitative estimate of drug-likeness (QED) is 0.516. The number of nitrogens with two attached hydrogens (primary N) is 1. The van der Waals surface area contributed by atoms with Gasteiger partial charge >= 0.3 is 5.69 Å². The minimum Gasteiger partial charge on any atom is -0.386 e. The van der Waals surface area contributed by atoms with E-state index in [0.717, 1.165) is 27.3 Å². The van der Waals surface area contributed by atoms with Crippen LogP contribution in [0, 0.1) is 0 Å². The monoisotopic (exact) mass is 399 g/mol. The van der Waals surface area contributed by atoms with Crippen LogP contribution in [-0.4, -0.2) is 40.4 Å². The number of aromatic nitrogens is 6. The SMILES string of the molecule is CCc1ccc([C@@H](O)Cn2nnc(Cn3cc(C(N)=O)c(=O)n(C)c3=O)n2)cc1. The Morgan fingerprint density at radius 3 is 2.55 bits per heavy atom. The molecule has 11 heteroatoms. The predicted octanol–water partition coefficient (Wildman–Crippen LogP) is -1.02. The molecule has 1 atom stereocenters. The molecule has 3 rings (SSSR count). The van der Waals surface area contributed by atoms with Gasteiger partial charge in [0.1, 0.15) is 11.7 Å². The summed E-state index contributed by atoms with van der Waals surface area (Å²) in [7, 11) is 1.25.